The summed E-state index contributed by atoms with van der Waals surface area (Å²) in [5, 5.41) is 1.81. The van der Waals surface area contributed by atoms with Gasteiger partial charge in [0.2, 0.25) is 0 Å². The summed E-state index contributed by atoms with van der Waals surface area (Å²) in [7, 11) is -2.49. The summed E-state index contributed by atoms with van der Waals surface area (Å²) in [6.45, 7) is 3.81. The summed E-state index contributed by atoms with van der Waals surface area (Å²) in [4.78, 5) is 11.8. The second-order valence-electron chi connectivity index (χ2n) is 11.4. The lowest BCUT2D eigenvalue weighted by molar-refractivity contribution is -0.154. The van der Waals surface area contributed by atoms with E-state index in [1.165, 1.54) is 12.5 Å². The zero-order chi connectivity index (χ0) is 26.7. The van der Waals surface area contributed by atoms with Crippen molar-refractivity contribution in [2.24, 2.45) is 17.3 Å². The van der Waals surface area contributed by atoms with Crippen LogP contribution in [0, 0.1) is 17.3 Å². The highest BCUT2D eigenvalue weighted by Gasteiger charge is 2.56. The van der Waals surface area contributed by atoms with Crippen LogP contribution in [0.25, 0.3) is 10.8 Å². The molecule has 7 heteroatoms. The van der Waals surface area contributed by atoms with Crippen LogP contribution in [0.3, 0.4) is 0 Å². The Morgan fingerprint density at radius 3 is 2.50 bits per heavy atom. The summed E-state index contributed by atoms with van der Waals surface area (Å²) in [6, 6.07) is 16.5. The van der Waals surface area contributed by atoms with E-state index in [2.05, 4.69) is 6.92 Å². The smallest absolute Gasteiger partial charge is 0.339 e. The molecule has 200 valence electrons. The first kappa shape index (κ1) is 25.2. The molecule has 0 N–H and O–H groups in total. The molecule has 2 fully saturated rings. The molecule has 0 radical (unpaired) electrons. The van der Waals surface area contributed by atoms with Crippen molar-refractivity contribution in [3.8, 4) is 11.5 Å². The number of hydrogen-bond acceptors (Lipinski definition) is 6. The Morgan fingerprint density at radius 2 is 1.74 bits per heavy atom. The highest BCUT2D eigenvalue weighted by molar-refractivity contribution is 7.87. The molecular formula is C31H34O6S. The monoisotopic (exact) mass is 534 g/mol. The average molecular weight is 535 g/mol. The number of methoxy groups -OCH3 is 1. The van der Waals surface area contributed by atoms with E-state index < -0.39 is 10.1 Å². The van der Waals surface area contributed by atoms with Gasteiger partial charge in [0.25, 0.3) is 0 Å². The topological polar surface area (TPSA) is 78.9 Å². The molecule has 3 aliphatic rings. The maximum Gasteiger partial charge on any atom is 0.339 e. The van der Waals surface area contributed by atoms with E-state index in [9.17, 15) is 13.2 Å². The van der Waals surface area contributed by atoms with Gasteiger partial charge in [-0.15, -0.1) is 0 Å². The number of carbonyl (C=O) groups is 1. The van der Waals surface area contributed by atoms with Crippen molar-refractivity contribution in [3.63, 3.8) is 0 Å². The molecule has 0 amide bonds. The third kappa shape index (κ3) is 4.15. The van der Waals surface area contributed by atoms with Gasteiger partial charge in [0.05, 0.1) is 7.11 Å². The molecule has 0 saturated heterocycles. The first-order valence-electron chi connectivity index (χ1n) is 13.5. The van der Waals surface area contributed by atoms with Crippen molar-refractivity contribution in [1.82, 2.24) is 0 Å². The standard InChI is InChI=1S/C31H34O6S/c1-19(32)36-30-13-12-27-25-11-9-22-17-29(28(35-3)18-26(22)24(25)14-15-31(27,30)2)37-38(33,34)23-10-8-20-6-4-5-7-21(20)16-23/h4-8,10,16-18,24-25,27,30H,9,11-15H2,1-3H3. The minimum atomic E-state index is -4.04. The van der Waals surface area contributed by atoms with E-state index in [1.807, 2.05) is 36.4 Å². The third-order valence-electron chi connectivity index (χ3n) is 9.44. The van der Waals surface area contributed by atoms with E-state index in [0.29, 0.717) is 23.5 Å². The Labute approximate surface area is 224 Å². The fourth-order valence-electron chi connectivity index (χ4n) is 7.64. The predicted octanol–water partition coefficient (Wildman–Crippen LogP) is 6.40. The zero-order valence-electron chi connectivity index (χ0n) is 22.1. The SMILES string of the molecule is COc1cc2c(cc1OS(=O)(=O)c1ccc3ccccc3c1)CCC1C2CCC2(C)C(OC(C)=O)CCC12. The van der Waals surface area contributed by atoms with Gasteiger partial charge < -0.3 is 13.7 Å². The first-order chi connectivity index (χ1) is 18.2. The summed E-state index contributed by atoms with van der Waals surface area (Å²) in [5.74, 6) is 1.88. The van der Waals surface area contributed by atoms with Gasteiger partial charge >= 0.3 is 16.1 Å². The van der Waals surface area contributed by atoms with Crippen molar-refractivity contribution in [3.05, 3.63) is 65.7 Å². The van der Waals surface area contributed by atoms with E-state index in [-0.39, 0.29) is 28.1 Å². The fourth-order valence-corrected chi connectivity index (χ4v) is 8.61. The molecule has 6 rings (SSSR count). The quantitative estimate of drug-likeness (QED) is 0.278. The molecule has 0 heterocycles. The van der Waals surface area contributed by atoms with Crippen LogP contribution in [0.5, 0.6) is 11.5 Å². The molecule has 5 unspecified atom stereocenters. The first-order valence-corrected chi connectivity index (χ1v) is 14.9. The van der Waals surface area contributed by atoms with Crippen molar-refractivity contribution < 1.29 is 26.9 Å². The van der Waals surface area contributed by atoms with Crippen molar-refractivity contribution in [1.29, 1.82) is 0 Å². The number of esters is 1. The number of hydrogen-bond donors (Lipinski definition) is 0. The van der Waals surface area contributed by atoms with Crippen LogP contribution in [-0.4, -0.2) is 27.6 Å². The number of ether oxygens (including phenoxy) is 2. The highest BCUT2D eigenvalue weighted by Crippen LogP contribution is 2.62. The molecule has 3 aliphatic carbocycles. The van der Waals surface area contributed by atoms with Crippen molar-refractivity contribution >= 4 is 26.9 Å². The molecular weight excluding hydrogens is 500 g/mol. The number of fused-ring (bicyclic) bond motifs is 6. The summed E-state index contributed by atoms with van der Waals surface area (Å²) in [6.07, 6.45) is 5.92. The Bertz CT molecular complexity index is 1510. The van der Waals surface area contributed by atoms with Crippen LogP contribution < -0.4 is 8.92 Å². The molecule has 0 aliphatic heterocycles. The molecule has 38 heavy (non-hydrogen) atoms. The Hall–Kier alpha value is -3.06. The van der Waals surface area contributed by atoms with Gasteiger partial charge in [0, 0.05) is 12.3 Å². The fraction of sp³-hybridized carbons (Fsp3) is 0.452. The number of carbonyl (C=O) groups excluding carboxylic acids is 1. The lowest BCUT2D eigenvalue weighted by Gasteiger charge is -2.50. The molecule has 3 aromatic rings. The molecule has 0 spiro atoms. The molecule has 0 bridgehead atoms. The van der Waals surface area contributed by atoms with E-state index in [1.54, 1.807) is 25.3 Å². The second kappa shape index (κ2) is 9.30. The van der Waals surface area contributed by atoms with Gasteiger partial charge in [-0.2, -0.15) is 8.42 Å². The van der Waals surface area contributed by atoms with Crippen LogP contribution in [0.1, 0.15) is 63.0 Å². The maximum absolute atomic E-state index is 13.3. The molecule has 0 aromatic heterocycles. The lowest BCUT2D eigenvalue weighted by atomic mass is 9.55. The minimum Gasteiger partial charge on any atom is -0.493 e. The number of aryl methyl sites for hydroxylation is 1. The Kier molecular flexibility index (Phi) is 6.17. The Morgan fingerprint density at radius 1 is 0.947 bits per heavy atom. The van der Waals surface area contributed by atoms with Gasteiger partial charge in [-0.1, -0.05) is 37.3 Å². The summed E-state index contributed by atoms with van der Waals surface area (Å²) in [5.41, 5.74) is 2.39. The van der Waals surface area contributed by atoms with E-state index in [4.69, 9.17) is 13.7 Å². The van der Waals surface area contributed by atoms with Crippen LogP contribution in [-0.2, 0) is 26.1 Å². The molecule has 2 saturated carbocycles. The zero-order valence-corrected chi connectivity index (χ0v) is 22.9. The summed E-state index contributed by atoms with van der Waals surface area (Å²) >= 11 is 0. The lowest BCUT2D eigenvalue weighted by Crippen LogP contribution is -2.45. The van der Waals surface area contributed by atoms with Crippen LogP contribution in [0.2, 0.25) is 0 Å². The molecule has 6 nitrogen and oxygen atoms in total. The van der Waals surface area contributed by atoms with E-state index >= 15 is 0 Å². The van der Waals surface area contributed by atoms with Crippen LogP contribution >= 0.6 is 0 Å². The van der Waals surface area contributed by atoms with Gasteiger partial charge in [0.1, 0.15) is 11.0 Å². The van der Waals surface area contributed by atoms with Gasteiger partial charge in [-0.05, 0) is 102 Å². The van der Waals surface area contributed by atoms with Gasteiger partial charge in [-0.25, -0.2) is 0 Å². The van der Waals surface area contributed by atoms with E-state index in [0.717, 1.165) is 54.9 Å². The maximum atomic E-state index is 13.3. The Balaban J connectivity index is 1.29. The minimum absolute atomic E-state index is 0.00188. The largest absolute Gasteiger partial charge is 0.493 e. The predicted molar refractivity (Wildman–Crippen MR) is 145 cm³/mol. The van der Waals surface area contributed by atoms with Crippen LogP contribution in [0.4, 0.5) is 0 Å². The third-order valence-corrected chi connectivity index (χ3v) is 10.7. The number of benzene rings is 3. The van der Waals surface area contributed by atoms with Crippen LogP contribution in [0.15, 0.2) is 59.5 Å². The van der Waals surface area contributed by atoms with Crippen molar-refractivity contribution in [2.45, 2.75) is 69.3 Å². The average Bonchev–Trinajstić information content (AvgIpc) is 3.23. The highest BCUT2D eigenvalue weighted by atomic mass is 32.2. The number of rotatable bonds is 5. The molecule has 3 aromatic carbocycles. The second-order valence-corrected chi connectivity index (χ2v) is 12.9. The normalized spacial score (nSPS) is 28.2. The van der Waals surface area contributed by atoms with Gasteiger partial charge in [0.15, 0.2) is 11.5 Å². The summed E-state index contributed by atoms with van der Waals surface area (Å²) < 4.78 is 43.6. The van der Waals surface area contributed by atoms with Crippen molar-refractivity contribution in [2.75, 3.05) is 7.11 Å². The van der Waals surface area contributed by atoms with Gasteiger partial charge in [-0.3, -0.25) is 4.79 Å². The molecule has 5 atom stereocenters.